The maximum Gasteiger partial charge on any atom is 0.335 e. The van der Waals surface area contributed by atoms with E-state index in [4.69, 9.17) is 15.2 Å². The molecule has 22 heavy (non-hydrogen) atoms. The first kappa shape index (κ1) is 16.0. The van der Waals surface area contributed by atoms with Crippen LogP contribution in [0.25, 0.3) is 11.4 Å². The third-order valence-corrected chi connectivity index (χ3v) is 3.24. The molecule has 0 saturated heterocycles. The topological polar surface area (TPSA) is 92.3 Å². The Morgan fingerprint density at radius 3 is 2.55 bits per heavy atom. The fourth-order valence-corrected chi connectivity index (χ4v) is 2.20. The molecule has 1 heterocycles. The van der Waals surface area contributed by atoms with Gasteiger partial charge in [-0.05, 0) is 12.5 Å². The van der Waals surface area contributed by atoms with Gasteiger partial charge in [0.15, 0.2) is 11.9 Å². The molecule has 1 aromatic carbocycles. The number of nitrogens with zero attached hydrogens (tertiary/aromatic N) is 3. The highest BCUT2D eigenvalue weighted by molar-refractivity contribution is 5.75. The summed E-state index contributed by atoms with van der Waals surface area (Å²) in [5.74, 6) is 0.564. The van der Waals surface area contributed by atoms with Crippen molar-refractivity contribution >= 4 is 11.9 Å². The van der Waals surface area contributed by atoms with Gasteiger partial charge in [-0.15, -0.1) is 5.10 Å². The highest BCUT2D eigenvalue weighted by atomic mass is 16.6. The minimum absolute atomic E-state index is 0.240. The van der Waals surface area contributed by atoms with Crippen LogP contribution in [-0.4, -0.2) is 40.6 Å². The fourth-order valence-electron chi connectivity index (χ4n) is 2.20. The summed E-state index contributed by atoms with van der Waals surface area (Å²) < 4.78 is 11.8. The zero-order chi connectivity index (χ0) is 16.1. The summed E-state index contributed by atoms with van der Waals surface area (Å²) in [5, 5.41) is 4.02. The van der Waals surface area contributed by atoms with E-state index in [0.29, 0.717) is 18.9 Å². The second-order valence-electron chi connectivity index (χ2n) is 4.79. The SMILES string of the molecule is CCOC(Cc1ccc(-c2nc(N)nn2C)cc1)C(=O)OC. The number of nitrogen functional groups attached to an aromatic ring is 1. The number of rotatable bonds is 6. The zero-order valence-electron chi connectivity index (χ0n) is 12.9. The maximum absolute atomic E-state index is 11.7. The summed E-state index contributed by atoms with van der Waals surface area (Å²) in [7, 11) is 3.14. The number of aromatic nitrogens is 3. The van der Waals surface area contributed by atoms with Crippen molar-refractivity contribution in [3.8, 4) is 11.4 Å². The zero-order valence-corrected chi connectivity index (χ0v) is 12.9. The molecule has 2 rings (SSSR count). The molecule has 1 aromatic heterocycles. The molecule has 1 unspecified atom stereocenters. The van der Waals surface area contributed by atoms with Gasteiger partial charge >= 0.3 is 5.97 Å². The number of carbonyl (C=O) groups excluding carboxylic acids is 1. The van der Waals surface area contributed by atoms with Crippen molar-refractivity contribution < 1.29 is 14.3 Å². The highest BCUT2D eigenvalue weighted by Gasteiger charge is 2.19. The Kier molecular flexibility index (Phi) is 5.11. The van der Waals surface area contributed by atoms with E-state index in [-0.39, 0.29) is 11.9 Å². The average molecular weight is 304 g/mol. The van der Waals surface area contributed by atoms with E-state index in [9.17, 15) is 4.79 Å². The molecule has 7 heteroatoms. The van der Waals surface area contributed by atoms with Crippen molar-refractivity contribution in [1.29, 1.82) is 0 Å². The summed E-state index contributed by atoms with van der Waals surface area (Å²) in [6.45, 7) is 2.30. The van der Waals surface area contributed by atoms with Gasteiger partial charge in [0.2, 0.25) is 5.95 Å². The van der Waals surface area contributed by atoms with E-state index in [1.807, 2.05) is 31.2 Å². The third-order valence-electron chi connectivity index (χ3n) is 3.24. The van der Waals surface area contributed by atoms with E-state index >= 15 is 0 Å². The number of hydrogen-bond acceptors (Lipinski definition) is 6. The molecule has 0 radical (unpaired) electrons. The molecule has 118 valence electrons. The molecule has 0 spiro atoms. The number of ether oxygens (including phenoxy) is 2. The largest absolute Gasteiger partial charge is 0.467 e. The number of aryl methyl sites for hydroxylation is 1. The molecule has 0 amide bonds. The Labute approximate surface area is 129 Å². The molecule has 7 nitrogen and oxygen atoms in total. The molecule has 0 bridgehead atoms. The third kappa shape index (κ3) is 3.62. The Bertz CT molecular complexity index is 637. The van der Waals surface area contributed by atoms with Crippen LogP contribution in [0.3, 0.4) is 0 Å². The number of methoxy groups -OCH3 is 1. The summed E-state index contributed by atoms with van der Waals surface area (Å²) in [6.07, 6.45) is -0.131. The quantitative estimate of drug-likeness (QED) is 0.806. The van der Waals surface area contributed by atoms with Crippen LogP contribution in [0, 0.1) is 0 Å². The van der Waals surface area contributed by atoms with Crippen LogP contribution in [-0.2, 0) is 27.7 Å². The van der Waals surface area contributed by atoms with Gasteiger partial charge in [0.1, 0.15) is 0 Å². The predicted molar refractivity (Wildman–Crippen MR) is 82.0 cm³/mol. The highest BCUT2D eigenvalue weighted by Crippen LogP contribution is 2.19. The summed E-state index contributed by atoms with van der Waals surface area (Å²) in [4.78, 5) is 15.8. The minimum Gasteiger partial charge on any atom is -0.467 e. The van der Waals surface area contributed by atoms with Gasteiger partial charge in [0, 0.05) is 25.6 Å². The summed E-state index contributed by atoms with van der Waals surface area (Å²) in [5.41, 5.74) is 7.46. The van der Waals surface area contributed by atoms with Crippen LogP contribution in [0.1, 0.15) is 12.5 Å². The Morgan fingerprint density at radius 1 is 1.36 bits per heavy atom. The van der Waals surface area contributed by atoms with Crippen molar-refractivity contribution in [3.05, 3.63) is 29.8 Å². The molecule has 2 aromatic rings. The first-order valence-electron chi connectivity index (χ1n) is 7.00. The first-order valence-corrected chi connectivity index (χ1v) is 7.00. The monoisotopic (exact) mass is 304 g/mol. The van der Waals surface area contributed by atoms with E-state index in [1.54, 1.807) is 11.7 Å². The van der Waals surface area contributed by atoms with E-state index in [2.05, 4.69) is 10.1 Å². The minimum atomic E-state index is -0.591. The molecule has 0 aliphatic heterocycles. The van der Waals surface area contributed by atoms with Gasteiger partial charge < -0.3 is 15.2 Å². The van der Waals surface area contributed by atoms with Crippen molar-refractivity contribution in [2.45, 2.75) is 19.4 Å². The molecule has 0 saturated carbocycles. The molecule has 1 atom stereocenters. The van der Waals surface area contributed by atoms with Crippen molar-refractivity contribution in [1.82, 2.24) is 14.8 Å². The molecule has 0 aliphatic rings. The number of nitrogens with two attached hydrogens (primary N) is 1. The van der Waals surface area contributed by atoms with Crippen LogP contribution in [0.5, 0.6) is 0 Å². The number of esters is 1. The normalized spacial score (nSPS) is 12.1. The lowest BCUT2D eigenvalue weighted by molar-refractivity contribution is -0.153. The van der Waals surface area contributed by atoms with Gasteiger partial charge in [0.05, 0.1) is 7.11 Å². The van der Waals surface area contributed by atoms with Gasteiger partial charge in [-0.1, -0.05) is 24.3 Å². The number of benzene rings is 1. The van der Waals surface area contributed by atoms with Crippen LogP contribution in [0.15, 0.2) is 24.3 Å². The predicted octanol–water partition coefficient (Wildman–Crippen LogP) is 1.18. The second kappa shape index (κ2) is 7.04. The van der Waals surface area contributed by atoms with Gasteiger partial charge in [0.25, 0.3) is 0 Å². The van der Waals surface area contributed by atoms with Crippen LogP contribution in [0.2, 0.25) is 0 Å². The van der Waals surface area contributed by atoms with E-state index in [0.717, 1.165) is 11.1 Å². The number of carbonyl (C=O) groups is 1. The van der Waals surface area contributed by atoms with Crippen molar-refractivity contribution in [3.63, 3.8) is 0 Å². The van der Waals surface area contributed by atoms with Gasteiger partial charge in [-0.25, -0.2) is 9.48 Å². The van der Waals surface area contributed by atoms with Crippen LogP contribution >= 0.6 is 0 Å². The van der Waals surface area contributed by atoms with E-state index in [1.165, 1.54) is 7.11 Å². The smallest absolute Gasteiger partial charge is 0.335 e. The summed E-state index contributed by atoms with van der Waals surface area (Å²) >= 11 is 0. The lowest BCUT2D eigenvalue weighted by Gasteiger charge is -2.14. The maximum atomic E-state index is 11.7. The Hall–Kier alpha value is -2.41. The number of hydrogen-bond donors (Lipinski definition) is 1. The standard InChI is InChI=1S/C15H20N4O3/c1-4-22-12(14(20)21-3)9-10-5-7-11(8-6-10)13-17-15(16)18-19(13)2/h5-8,12H,4,9H2,1-3H3,(H2,16,18). The Balaban J connectivity index is 2.14. The van der Waals surface area contributed by atoms with E-state index < -0.39 is 6.10 Å². The molecular formula is C15H20N4O3. The van der Waals surface area contributed by atoms with Crippen molar-refractivity contribution in [2.75, 3.05) is 19.5 Å². The van der Waals surface area contributed by atoms with Crippen molar-refractivity contribution in [2.24, 2.45) is 7.05 Å². The van der Waals surface area contributed by atoms with Gasteiger partial charge in [-0.2, -0.15) is 4.98 Å². The molecule has 0 aliphatic carbocycles. The lowest BCUT2D eigenvalue weighted by atomic mass is 10.1. The number of anilines is 1. The first-order chi connectivity index (χ1) is 10.5. The molecule has 0 fully saturated rings. The van der Waals surface area contributed by atoms with Crippen LogP contribution in [0.4, 0.5) is 5.95 Å². The Morgan fingerprint density at radius 2 is 2.05 bits per heavy atom. The molecular weight excluding hydrogens is 284 g/mol. The summed E-state index contributed by atoms with van der Waals surface area (Å²) in [6, 6.07) is 7.68. The van der Waals surface area contributed by atoms with Crippen LogP contribution < -0.4 is 5.73 Å². The fraction of sp³-hybridized carbons (Fsp3) is 0.400. The average Bonchev–Trinajstić information content (AvgIpc) is 2.85. The molecule has 2 N–H and O–H groups in total. The van der Waals surface area contributed by atoms with Gasteiger partial charge in [-0.3, -0.25) is 0 Å². The lowest BCUT2D eigenvalue weighted by Crippen LogP contribution is -2.28. The second-order valence-corrected chi connectivity index (χ2v) is 4.79.